The van der Waals surface area contributed by atoms with E-state index < -0.39 is 0 Å². The number of hydrogen-bond acceptors (Lipinski definition) is 6. The monoisotopic (exact) mass is 435 g/mol. The van der Waals surface area contributed by atoms with Crippen LogP contribution in [-0.2, 0) is 0 Å². The molecular formula is C21H18ClN7S. The van der Waals surface area contributed by atoms with Crippen molar-refractivity contribution >= 4 is 45.0 Å². The van der Waals surface area contributed by atoms with Crippen LogP contribution < -0.4 is 5.32 Å². The number of aromatic amines is 2. The number of rotatable bonds is 3. The minimum atomic E-state index is 0.480. The van der Waals surface area contributed by atoms with Crippen LogP contribution in [-0.4, -0.2) is 43.2 Å². The number of aromatic nitrogens is 6. The van der Waals surface area contributed by atoms with E-state index in [9.17, 15) is 0 Å². The van der Waals surface area contributed by atoms with Crippen LogP contribution >= 0.6 is 22.9 Å². The van der Waals surface area contributed by atoms with Gasteiger partial charge in [-0.3, -0.25) is 10.1 Å². The zero-order valence-electron chi connectivity index (χ0n) is 15.9. The number of pyridine rings is 2. The zero-order valence-corrected chi connectivity index (χ0v) is 17.5. The number of nitrogens with zero attached hydrogens (tertiary/aromatic N) is 4. The fraction of sp³-hybridized carbons (Fsp3) is 0.238. The molecule has 0 bridgehead atoms. The Kier molecular flexibility index (Phi) is 4.29. The second-order valence-electron chi connectivity index (χ2n) is 7.47. The first-order valence-electron chi connectivity index (χ1n) is 9.93. The summed E-state index contributed by atoms with van der Waals surface area (Å²) in [6.07, 6.45) is 3.99. The van der Waals surface area contributed by atoms with Crippen molar-refractivity contribution in [3.8, 4) is 22.1 Å². The molecule has 5 aromatic heterocycles. The first-order chi connectivity index (χ1) is 14.8. The quantitative estimate of drug-likeness (QED) is 0.380. The van der Waals surface area contributed by atoms with Crippen LogP contribution in [0.2, 0.25) is 4.34 Å². The minimum Gasteiger partial charge on any atom is -0.336 e. The summed E-state index contributed by atoms with van der Waals surface area (Å²) in [6.45, 7) is 2.07. The molecule has 0 spiro atoms. The maximum Gasteiger partial charge on any atom is 0.161 e. The summed E-state index contributed by atoms with van der Waals surface area (Å²) in [6, 6.07) is 9.96. The van der Waals surface area contributed by atoms with E-state index in [1.165, 1.54) is 11.3 Å². The highest BCUT2D eigenvalue weighted by Gasteiger charge is 2.20. The third-order valence-corrected chi connectivity index (χ3v) is 6.86. The Labute approximate surface area is 180 Å². The molecule has 1 aliphatic rings. The smallest absolute Gasteiger partial charge is 0.161 e. The van der Waals surface area contributed by atoms with E-state index in [0.29, 0.717) is 11.7 Å². The van der Waals surface area contributed by atoms with E-state index in [0.717, 1.165) is 74.3 Å². The molecule has 150 valence electrons. The van der Waals surface area contributed by atoms with Gasteiger partial charge in [-0.2, -0.15) is 5.10 Å². The molecule has 3 N–H and O–H groups in total. The number of nitrogens with one attached hydrogen (secondary N) is 3. The van der Waals surface area contributed by atoms with Gasteiger partial charge in [-0.05, 0) is 56.3 Å². The van der Waals surface area contributed by atoms with Crippen LogP contribution in [0.25, 0.3) is 44.2 Å². The molecule has 6 heterocycles. The van der Waals surface area contributed by atoms with E-state index in [-0.39, 0.29) is 0 Å². The van der Waals surface area contributed by atoms with E-state index >= 15 is 0 Å². The summed E-state index contributed by atoms with van der Waals surface area (Å²) in [5.74, 6) is 1.16. The minimum absolute atomic E-state index is 0.480. The maximum atomic E-state index is 6.13. The van der Waals surface area contributed by atoms with Crippen LogP contribution in [0.5, 0.6) is 0 Å². The summed E-state index contributed by atoms with van der Waals surface area (Å²) < 4.78 is 0.729. The Morgan fingerprint density at radius 2 is 1.80 bits per heavy atom. The van der Waals surface area contributed by atoms with Gasteiger partial charge < -0.3 is 10.3 Å². The van der Waals surface area contributed by atoms with E-state index in [2.05, 4.69) is 37.6 Å². The Balaban J connectivity index is 1.47. The van der Waals surface area contributed by atoms with E-state index in [1.54, 1.807) is 6.20 Å². The molecule has 7 nitrogen and oxygen atoms in total. The molecule has 0 saturated carbocycles. The van der Waals surface area contributed by atoms with Gasteiger partial charge >= 0.3 is 0 Å². The summed E-state index contributed by atoms with van der Waals surface area (Å²) in [7, 11) is 0. The van der Waals surface area contributed by atoms with Crippen molar-refractivity contribution in [1.29, 1.82) is 0 Å². The molecule has 0 radical (unpaired) electrons. The lowest BCUT2D eigenvalue weighted by Crippen LogP contribution is -2.27. The molecule has 5 aromatic rings. The zero-order chi connectivity index (χ0) is 20.1. The number of piperidine rings is 1. The van der Waals surface area contributed by atoms with Crippen molar-refractivity contribution in [1.82, 2.24) is 35.5 Å². The molecule has 1 saturated heterocycles. The van der Waals surface area contributed by atoms with Crippen molar-refractivity contribution in [3.63, 3.8) is 0 Å². The first-order valence-corrected chi connectivity index (χ1v) is 11.1. The summed E-state index contributed by atoms with van der Waals surface area (Å²) in [5, 5.41) is 11.0. The Morgan fingerprint density at radius 3 is 2.63 bits per heavy atom. The average molecular weight is 436 g/mol. The average Bonchev–Trinajstić information content (AvgIpc) is 3.51. The van der Waals surface area contributed by atoms with Crippen LogP contribution in [0.4, 0.5) is 0 Å². The fourth-order valence-electron chi connectivity index (χ4n) is 4.09. The van der Waals surface area contributed by atoms with Gasteiger partial charge in [-0.1, -0.05) is 11.6 Å². The Hall–Kier alpha value is -2.81. The van der Waals surface area contributed by atoms with E-state index in [4.69, 9.17) is 21.6 Å². The van der Waals surface area contributed by atoms with Gasteiger partial charge in [0.15, 0.2) is 11.5 Å². The fourth-order valence-corrected chi connectivity index (χ4v) is 5.13. The molecule has 0 unspecified atom stereocenters. The second kappa shape index (κ2) is 7.16. The predicted octanol–water partition coefficient (Wildman–Crippen LogP) is 4.75. The molecule has 30 heavy (non-hydrogen) atoms. The van der Waals surface area contributed by atoms with Gasteiger partial charge in [0, 0.05) is 17.8 Å². The largest absolute Gasteiger partial charge is 0.336 e. The van der Waals surface area contributed by atoms with Gasteiger partial charge in [0.2, 0.25) is 0 Å². The van der Waals surface area contributed by atoms with Gasteiger partial charge in [-0.25, -0.2) is 9.97 Å². The molecule has 0 amide bonds. The molecular weight excluding hydrogens is 418 g/mol. The number of imidazole rings is 1. The van der Waals surface area contributed by atoms with Gasteiger partial charge in [0.1, 0.15) is 16.7 Å². The van der Waals surface area contributed by atoms with Crippen molar-refractivity contribution in [3.05, 3.63) is 46.6 Å². The standard InChI is InChI=1S/C21H18ClN7S/c22-16-4-3-15(30-16)19-17-13(7-10-24-19)26-21(27-17)20-18-14(28-29-20)2-1-12(25-18)11-5-8-23-9-6-11/h1-4,7,10-11,23H,5-6,8-9H2,(H,26,27)(H,28,29). The highest BCUT2D eigenvalue weighted by molar-refractivity contribution is 7.19. The second-order valence-corrected chi connectivity index (χ2v) is 9.19. The van der Waals surface area contributed by atoms with Gasteiger partial charge in [0.25, 0.3) is 0 Å². The lowest BCUT2D eigenvalue weighted by Gasteiger charge is -2.22. The van der Waals surface area contributed by atoms with Crippen molar-refractivity contribution in [2.24, 2.45) is 0 Å². The summed E-state index contributed by atoms with van der Waals surface area (Å²) in [5.41, 5.74) is 6.13. The van der Waals surface area contributed by atoms with Gasteiger partial charge in [0.05, 0.1) is 20.2 Å². The van der Waals surface area contributed by atoms with Crippen LogP contribution in [0, 0.1) is 0 Å². The Morgan fingerprint density at radius 1 is 0.933 bits per heavy atom. The number of H-pyrrole nitrogens is 2. The van der Waals surface area contributed by atoms with Crippen molar-refractivity contribution in [2.75, 3.05) is 13.1 Å². The Bertz CT molecular complexity index is 1360. The first kappa shape index (κ1) is 18.0. The molecule has 9 heteroatoms. The third kappa shape index (κ3) is 2.99. The highest BCUT2D eigenvalue weighted by Crippen LogP contribution is 2.35. The molecule has 0 aliphatic carbocycles. The number of thiophene rings is 1. The number of halogens is 1. The lowest BCUT2D eigenvalue weighted by molar-refractivity contribution is 0.454. The SMILES string of the molecule is Clc1ccc(-c2nccc3[nH]c(-c4n[nH]c5ccc(C6CCNCC6)nc45)nc23)s1. The van der Waals surface area contributed by atoms with E-state index in [1.807, 2.05) is 18.2 Å². The summed E-state index contributed by atoms with van der Waals surface area (Å²) >= 11 is 7.62. The molecule has 6 rings (SSSR count). The molecule has 1 fully saturated rings. The highest BCUT2D eigenvalue weighted by atomic mass is 35.5. The molecule has 0 atom stereocenters. The number of fused-ring (bicyclic) bond motifs is 2. The third-order valence-electron chi connectivity index (χ3n) is 5.62. The van der Waals surface area contributed by atoms with Crippen molar-refractivity contribution in [2.45, 2.75) is 18.8 Å². The molecule has 0 aromatic carbocycles. The topological polar surface area (TPSA) is 95.2 Å². The summed E-state index contributed by atoms with van der Waals surface area (Å²) in [4.78, 5) is 18.7. The van der Waals surface area contributed by atoms with Crippen LogP contribution in [0.1, 0.15) is 24.5 Å². The number of hydrogen-bond donors (Lipinski definition) is 3. The van der Waals surface area contributed by atoms with Crippen molar-refractivity contribution < 1.29 is 0 Å². The van der Waals surface area contributed by atoms with Crippen LogP contribution in [0.3, 0.4) is 0 Å². The van der Waals surface area contributed by atoms with Gasteiger partial charge in [-0.15, -0.1) is 11.3 Å². The molecule has 1 aliphatic heterocycles. The maximum absolute atomic E-state index is 6.13. The normalized spacial score (nSPS) is 15.4. The van der Waals surface area contributed by atoms with Crippen LogP contribution in [0.15, 0.2) is 36.5 Å². The predicted molar refractivity (Wildman–Crippen MR) is 120 cm³/mol. The lowest BCUT2D eigenvalue weighted by atomic mass is 9.94.